The van der Waals surface area contributed by atoms with Crippen molar-refractivity contribution in [2.24, 2.45) is 0 Å². The molecule has 5 rings (SSSR count). The van der Waals surface area contributed by atoms with Crippen molar-refractivity contribution >= 4 is 23.5 Å². The molecular formula is C31H39FN6O5. The lowest BCUT2D eigenvalue weighted by atomic mass is 9.88. The van der Waals surface area contributed by atoms with Gasteiger partial charge in [0.15, 0.2) is 0 Å². The third-order valence-corrected chi connectivity index (χ3v) is 7.34. The van der Waals surface area contributed by atoms with Crippen molar-refractivity contribution in [3.8, 4) is 22.9 Å². The maximum atomic E-state index is 15.3. The monoisotopic (exact) mass is 594 g/mol. The van der Waals surface area contributed by atoms with Crippen LogP contribution in [0, 0.1) is 0 Å². The summed E-state index contributed by atoms with van der Waals surface area (Å²) in [6.45, 7) is 7.05. The number of ether oxygens (including phenoxy) is 4. The summed E-state index contributed by atoms with van der Waals surface area (Å²) in [6, 6.07) is 10.9. The van der Waals surface area contributed by atoms with Crippen molar-refractivity contribution in [1.82, 2.24) is 19.9 Å². The second-order valence-corrected chi connectivity index (χ2v) is 11.7. The van der Waals surface area contributed by atoms with Gasteiger partial charge in [-0.25, -0.2) is 19.2 Å². The molecule has 1 amide bonds. The summed E-state index contributed by atoms with van der Waals surface area (Å²) in [7, 11) is 1.50. The Labute approximate surface area is 250 Å². The Morgan fingerprint density at radius 1 is 1.12 bits per heavy atom. The molecule has 2 unspecified atom stereocenters. The zero-order valence-electron chi connectivity index (χ0n) is 25.0. The Hall–Kier alpha value is -4.19. The van der Waals surface area contributed by atoms with Gasteiger partial charge in [-0.05, 0) is 63.6 Å². The van der Waals surface area contributed by atoms with Gasteiger partial charge in [0.1, 0.15) is 29.4 Å². The molecule has 12 heteroatoms. The molecule has 2 aromatic heterocycles. The first-order valence-corrected chi connectivity index (χ1v) is 14.5. The third kappa shape index (κ3) is 7.61. The molecule has 0 saturated carbocycles. The van der Waals surface area contributed by atoms with Crippen LogP contribution in [-0.2, 0) is 9.47 Å². The summed E-state index contributed by atoms with van der Waals surface area (Å²) in [5.74, 6) is 1.24. The van der Waals surface area contributed by atoms with Gasteiger partial charge in [0, 0.05) is 42.6 Å². The number of pyridine rings is 1. The molecule has 0 aliphatic carbocycles. The van der Waals surface area contributed by atoms with Crippen LogP contribution in [0.5, 0.6) is 11.6 Å². The number of halogens is 1. The number of aromatic nitrogens is 3. The van der Waals surface area contributed by atoms with Crippen LogP contribution in [0.15, 0.2) is 42.6 Å². The molecular weight excluding hydrogens is 555 g/mol. The van der Waals surface area contributed by atoms with Crippen molar-refractivity contribution in [2.75, 3.05) is 44.5 Å². The number of nitrogens with zero attached hydrogens (tertiary/aromatic N) is 4. The van der Waals surface area contributed by atoms with Gasteiger partial charge < -0.3 is 34.9 Å². The van der Waals surface area contributed by atoms with Gasteiger partial charge in [0.05, 0.1) is 38.2 Å². The van der Waals surface area contributed by atoms with E-state index in [1.165, 1.54) is 12.0 Å². The second-order valence-electron chi connectivity index (χ2n) is 11.7. The van der Waals surface area contributed by atoms with Crippen LogP contribution in [0.3, 0.4) is 0 Å². The van der Waals surface area contributed by atoms with Crippen molar-refractivity contribution < 1.29 is 28.1 Å². The summed E-state index contributed by atoms with van der Waals surface area (Å²) in [5.41, 5.74) is 8.32. The van der Waals surface area contributed by atoms with Crippen LogP contribution in [0.1, 0.15) is 51.5 Å². The number of nitrogen functional groups attached to an aromatic ring is 1. The smallest absolute Gasteiger partial charge is 0.410 e. The highest BCUT2D eigenvalue weighted by molar-refractivity contribution is 5.69. The summed E-state index contributed by atoms with van der Waals surface area (Å²) in [5, 5.41) is 3.11. The maximum absolute atomic E-state index is 15.3. The number of anilines is 3. The van der Waals surface area contributed by atoms with Gasteiger partial charge in [-0.15, -0.1) is 0 Å². The number of carbonyl (C=O) groups excluding carboxylic acids is 1. The molecule has 2 atom stereocenters. The third-order valence-electron chi connectivity index (χ3n) is 7.34. The molecule has 2 aliphatic rings. The topological polar surface area (TPSA) is 134 Å². The molecule has 3 aromatic rings. The highest BCUT2D eigenvalue weighted by Crippen LogP contribution is 2.37. The average Bonchev–Trinajstić information content (AvgIpc) is 2.98. The van der Waals surface area contributed by atoms with E-state index in [9.17, 15) is 4.79 Å². The van der Waals surface area contributed by atoms with E-state index in [0.717, 1.165) is 18.4 Å². The van der Waals surface area contributed by atoms with Crippen LogP contribution < -0.4 is 20.5 Å². The Morgan fingerprint density at radius 2 is 1.91 bits per heavy atom. The molecule has 0 spiro atoms. The Bertz CT molecular complexity index is 1430. The number of likely N-dealkylation sites (tertiary alicyclic amines) is 1. The van der Waals surface area contributed by atoms with E-state index in [4.69, 9.17) is 24.7 Å². The summed E-state index contributed by atoms with van der Waals surface area (Å²) in [4.78, 5) is 27.3. The first kappa shape index (κ1) is 30.3. The first-order chi connectivity index (χ1) is 20.6. The first-order valence-electron chi connectivity index (χ1n) is 14.5. The molecule has 3 N–H and O–H groups in total. The molecule has 43 heavy (non-hydrogen) atoms. The fourth-order valence-electron chi connectivity index (χ4n) is 5.20. The van der Waals surface area contributed by atoms with E-state index < -0.39 is 23.8 Å². The largest absolute Gasteiger partial charge is 0.488 e. The maximum Gasteiger partial charge on any atom is 0.410 e. The van der Waals surface area contributed by atoms with Gasteiger partial charge in [-0.1, -0.05) is 0 Å². The average molecular weight is 595 g/mol. The number of nitrogens with one attached hydrogen (secondary N) is 1. The standard InChI is InChI=1S/C31H39FN6O5/c1-31(2,3)43-30(39)38-14-10-21(23(32)18-38)22-6-8-27(36-28(22)40-4)37-29-34-13-9-25(35-29)19-5-7-26(24(33)17-19)42-20-11-15-41-16-12-20/h5-9,13,17,20-21,23H,10-12,14-16,18,33H2,1-4H3,(H,34,35,36,37). The van der Waals surface area contributed by atoms with E-state index in [1.807, 2.05) is 18.2 Å². The van der Waals surface area contributed by atoms with Crippen molar-refractivity contribution in [3.63, 3.8) is 0 Å². The minimum atomic E-state index is -1.29. The molecule has 2 aliphatic heterocycles. The second kappa shape index (κ2) is 13.0. The highest BCUT2D eigenvalue weighted by atomic mass is 19.1. The Morgan fingerprint density at radius 3 is 2.60 bits per heavy atom. The number of amides is 1. The molecule has 0 bridgehead atoms. The van der Waals surface area contributed by atoms with E-state index in [0.29, 0.717) is 66.5 Å². The number of carbonyl (C=O) groups is 1. The number of methoxy groups -OCH3 is 1. The lowest BCUT2D eigenvalue weighted by Crippen LogP contribution is -2.46. The number of alkyl halides is 1. The SMILES string of the molecule is COc1nc(Nc2nccc(-c3ccc(OC4CCOCC4)c(N)c3)n2)ccc1C1CCN(C(=O)OC(C)(C)C)CC1F. The Kier molecular flexibility index (Phi) is 9.14. The van der Waals surface area contributed by atoms with E-state index in [2.05, 4.69) is 20.3 Å². The van der Waals surface area contributed by atoms with Gasteiger partial charge in [0.25, 0.3) is 0 Å². The van der Waals surface area contributed by atoms with E-state index in [-0.39, 0.29) is 12.6 Å². The van der Waals surface area contributed by atoms with Crippen molar-refractivity contribution in [3.05, 3.63) is 48.2 Å². The molecule has 1 aromatic carbocycles. The molecule has 0 radical (unpaired) electrons. The van der Waals surface area contributed by atoms with Gasteiger partial charge in [-0.3, -0.25) is 0 Å². The fraction of sp³-hybridized carbons (Fsp3) is 0.484. The van der Waals surface area contributed by atoms with Gasteiger partial charge in [-0.2, -0.15) is 4.98 Å². The summed E-state index contributed by atoms with van der Waals surface area (Å²) < 4.78 is 37.8. The molecule has 2 fully saturated rings. The molecule has 4 heterocycles. The number of hydrogen-bond donors (Lipinski definition) is 2. The number of rotatable bonds is 7. The number of piperidine rings is 1. The lowest BCUT2D eigenvalue weighted by Gasteiger charge is -2.36. The molecule has 230 valence electrons. The predicted octanol–water partition coefficient (Wildman–Crippen LogP) is 5.49. The van der Waals surface area contributed by atoms with Crippen molar-refractivity contribution in [1.29, 1.82) is 0 Å². The minimum absolute atomic E-state index is 0.0590. The van der Waals surface area contributed by atoms with Gasteiger partial charge >= 0.3 is 6.09 Å². The van der Waals surface area contributed by atoms with Crippen LogP contribution in [-0.4, -0.2) is 77.2 Å². The van der Waals surface area contributed by atoms with Crippen LogP contribution >= 0.6 is 0 Å². The normalized spacial score (nSPS) is 19.5. The lowest BCUT2D eigenvalue weighted by molar-refractivity contribution is 0.0110. The van der Waals surface area contributed by atoms with Crippen molar-refractivity contribution in [2.45, 2.75) is 63.8 Å². The summed E-state index contributed by atoms with van der Waals surface area (Å²) in [6.07, 6.45) is 2.02. The number of benzene rings is 1. The van der Waals surface area contributed by atoms with E-state index in [1.54, 1.807) is 45.2 Å². The van der Waals surface area contributed by atoms with Crippen LogP contribution in [0.2, 0.25) is 0 Å². The van der Waals surface area contributed by atoms with E-state index >= 15 is 4.39 Å². The Balaban J connectivity index is 1.25. The van der Waals surface area contributed by atoms with Gasteiger partial charge in [0.2, 0.25) is 11.8 Å². The minimum Gasteiger partial charge on any atom is -0.488 e. The zero-order chi connectivity index (χ0) is 30.6. The molecule has 11 nitrogen and oxygen atoms in total. The van der Waals surface area contributed by atoms with Crippen LogP contribution in [0.4, 0.5) is 26.6 Å². The fourth-order valence-corrected chi connectivity index (χ4v) is 5.20. The number of hydrogen-bond acceptors (Lipinski definition) is 10. The summed E-state index contributed by atoms with van der Waals surface area (Å²) >= 11 is 0. The quantitative estimate of drug-likeness (QED) is 0.338. The van der Waals surface area contributed by atoms with Crippen LogP contribution in [0.25, 0.3) is 11.3 Å². The molecule has 2 saturated heterocycles. The zero-order valence-corrected chi connectivity index (χ0v) is 25.0. The highest BCUT2D eigenvalue weighted by Gasteiger charge is 2.36. The predicted molar refractivity (Wildman–Crippen MR) is 160 cm³/mol. The number of nitrogens with two attached hydrogens (primary N) is 1.